The Morgan fingerprint density at radius 1 is 1.30 bits per heavy atom. The number of rotatable bonds is 2. The van der Waals surface area contributed by atoms with E-state index in [1.54, 1.807) is 7.11 Å². The molecule has 6 nitrogen and oxygen atoms in total. The maximum absolute atomic E-state index is 12.1. The van der Waals surface area contributed by atoms with Gasteiger partial charge in [0.25, 0.3) is 0 Å². The highest BCUT2D eigenvalue weighted by Crippen LogP contribution is 2.40. The van der Waals surface area contributed by atoms with Crippen LogP contribution in [0.1, 0.15) is 17.7 Å². The number of halogens is 1. The monoisotopic (exact) mass is 330 g/mol. The van der Waals surface area contributed by atoms with Crippen LogP contribution in [0.3, 0.4) is 0 Å². The number of ether oxygens (including phenoxy) is 1. The Morgan fingerprint density at radius 3 is 3.00 bits per heavy atom. The molecule has 118 valence electrons. The van der Waals surface area contributed by atoms with Crippen molar-refractivity contribution < 1.29 is 9.53 Å². The van der Waals surface area contributed by atoms with Crippen LogP contribution in [0, 0.1) is 0 Å². The van der Waals surface area contributed by atoms with Crippen LogP contribution >= 0.6 is 11.6 Å². The summed E-state index contributed by atoms with van der Waals surface area (Å²) in [5.41, 5.74) is 3.67. The molecule has 0 bridgehead atoms. The summed E-state index contributed by atoms with van der Waals surface area (Å²) in [6, 6.07) is 5.60. The Kier molecular flexibility index (Phi) is 3.34. The fourth-order valence-electron chi connectivity index (χ4n) is 3.19. The Morgan fingerprint density at radius 2 is 2.17 bits per heavy atom. The third kappa shape index (κ3) is 2.39. The van der Waals surface area contributed by atoms with Crippen molar-refractivity contribution >= 4 is 34.7 Å². The molecule has 1 amide bonds. The number of benzene rings is 1. The zero-order valence-corrected chi connectivity index (χ0v) is 13.4. The van der Waals surface area contributed by atoms with E-state index in [1.807, 2.05) is 23.1 Å². The number of aryl methyl sites for hydroxylation is 1. The summed E-state index contributed by atoms with van der Waals surface area (Å²) in [6.07, 6.45) is 2.85. The molecule has 2 heterocycles. The van der Waals surface area contributed by atoms with Crippen LogP contribution in [-0.4, -0.2) is 29.5 Å². The van der Waals surface area contributed by atoms with Gasteiger partial charge in [0.05, 0.1) is 24.2 Å². The van der Waals surface area contributed by atoms with Gasteiger partial charge in [-0.2, -0.15) is 4.98 Å². The number of methoxy groups -OCH3 is 1. The number of nitrogens with zero attached hydrogens (tertiary/aromatic N) is 3. The second-order valence-corrected chi connectivity index (χ2v) is 5.95. The van der Waals surface area contributed by atoms with Crippen LogP contribution in [0.15, 0.2) is 18.2 Å². The van der Waals surface area contributed by atoms with E-state index in [9.17, 15) is 4.79 Å². The second kappa shape index (κ2) is 5.38. The zero-order valence-electron chi connectivity index (χ0n) is 12.6. The maximum Gasteiger partial charge on any atom is 0.244 e. The number of amides is 1. The molecule has 0 saturated heterocycles. The van der Waals surface area contributed by atoms with E-state index in [0.717, 1.165) is 42.0 Å². The van der Waals surface area contributed by atoms with E-state index in [1.165, 1.54) is 0 Å². The highest BCUT2D eigenvalue weighted by Gasteiger charge is 2.29. The topological polar surface area (TPSA) is 67.3 Å². The average Bonchev–Trinajstić information content (AvgIpc) is 3.00. The number of carbonyl (C=O) groups is 1. The normalized spacial score (nSPS) is 15.9. The molecule has 0 radical (unpaired) electrons. The van der Waals surface area contributed by atoms with Gasteiger partial charge >= 0.3 is 0 Å². The summed E-state index contributed by atoms with van der Waals surface area (Å²) in [6.45, 7) is 0.207. The lowest BCUT2D eigenvalue weighted by atomic mass is 10.1. The third-order valence-corrected chi connectivity index (χ3v) is 4.38. The van der Waals surface area contributed by atoms with Gasteiger partial charge < -0.3 is 15.0 Å². The minimum atomic E-state index is -0.0905. The lowest BCUT2D eigenvalue weighted by Gasteiger charge is -2.31. The van der Waals surface area contributed by atoms with Crippen molar-refractivity contribution in [2.45, 2.75) is 19.3 Å². The molecule has 4 rings (SSSR count). The van der Waals surface area contributed by atoms with E-state index in [4.69, 9.17) is 16.3 Å². The summed E-state index contributed by atoms with van der Waals surface area (Å²) in [5.74, 6) is 1.34. The Bertz CT molecular complexity index is 809. The van der Waals surface area contributed by atoms with Gasteiger partial charge in [-0.3, -0.25) is 4.79 Å². The Labute approximate surface area is 138 Å². The van der Waals surface area contributed by atoms with E-state index < -0.39 is 0 Å². The molecule has 0 spiro atoms. The van der Waals surface area contributed by atoms with E-state index >= 15 is 0 Å². The average molecular weight is 331 g/mol. The fourth-order valence-corrected chi connectivity index (χ4v) is 3.37. The zero-order chi connectivity index (χ0) is 16.0. The summed E-state index contributed by atoms with van der Waals surface area (Å²) in [4.78, 5) is 22.8. The molecular weight excluding hydrogens is 316 g/mol. The largest absolute Gasteiger partial charge is 0.497 e. The summed E-state index contributed by atoms with van der Waals surface area (Å²) >= 11 is 6.09. The lowest BCUT2D eigenvalue weighted by Crippen LogP contribution is -2.36. The number of anilines is 3. The summed E-state index contributed by atoms with van der Waals surface area (Å²) in [5, 5.41) is 3.10. The SMILES string of the molecule is COc1ccc2c(c1)NC(=O)CN2c1nc(Cl)nc2c1CCC2. The molecule has 1 aliphatic carbocycles. The fraction of sp³-hybridized carbons (Fsp3) is 0.312. The van der Waals surface area contributed by atoms with Crippen LogP contribution in [0.5, 0.6) is 5.75 Å². The first-order valence-corrected chi connectivity index (χ1v) is 7.84. The number of hydrogen-bond acceptors (Lipinski definition) is 5. The van der Waals surface area contributed by atoms with Gasteiger partial charge in [-0.15, -0.1) is 0 Å². The van der Waals surface area contributed by atoms with Crippen LogP contribution < -0.4 is 15.0 Å². The minimum Gasteiger partial charge on any atom is -0.497 e. The van der Waals surface area contributed by atoms with Crippen LogP contribution in [0.4, 0.5) is 17.2 Å². The molecule has 0 unspecified atom stereocenters. The first-order chi connectivity index (χ1) is 11.2. The van der Waals surface area contributed by atoms with E-state index in [2.05, 4.69) is 15.3 Å². The molecule has 0 atom stereocenters. The smallest absolute Gasteiger partial charge is 0.244 e. The van der Waals surface area contributed by atoms with Gasteiger partial charge in [0.2, 0.25) is 11.2 Å². The second-order valence-electron chi connectivity index (χ2n) is 5.61. The lowest BCUT2D eigenvalue weighted by molar-refractivity contribution is -0.115. The van der Waals surface area contributed by atoms with Crippen molar-refractivity contribution in [3.05, 3.63) is 34.7 Å². The summed E-state index contributed by atoms with van der Waals surface area (Å²) in [7, 11) is 1.60. The van der Waals surface area contributed by atoms with Gasteiger partial charge in [-0.1, -0.05) is 0 Å². The number of carbonyl (C=O) groups excluding carboxylic acids is 1. The highest BCUT2D eigenvalue weighted by atomic mass is 35.5. The predicted octanol–water partition coefficient (Wildman–Crippen LogP) is 2.72. The van der Waals surface area contributed by atoms with Crippen molar-refractivity contribution in [2.24, 2.45) is 0 Å². The van der Waals surface area contributed by atoms with Crippen LogP contribution in [0.25, 0.3) is 0 Å². The highest BCUT2D eigenvalue weighted by molar-refractivity contribution is 6.28. The first-order valence-electron chi connectivity index (χ1n) is 7.46. The van der Waals surface area contributed by atoms with Crippen molar-refractivity contribution in [3.8, 4) is 5.75 Å². The van der Waals surface area contributed by atoms with E-state index in [-0.39, 0.29) is 17.7 Å². The van der Waals surface area contributed by atoms with Gasteiger partial charge in [0.1, 0.15) is 18.1 Å². The van der Waals surface area contributed by atoms with E-state index in [0.29, 0.717) is 11.4 Å². The van der Waals surface area contributed by atoms with Crippen molar-refractivity contribution in [2.75, 3.05) is 23.9 Å². The van der Waals surface area contributed by atoms with Crippen LogP contribution in [-0.2, 0) is 17.6 Å². The number of hydrogen-bond donors (Lipinski definition) is 1. The summed E-state index contributed by atoms with van der Waals surface area (Å²) < 4.78 is 5.23. The van der Waals surface area contributed by atoms with Crippen molar-refractivity contribution in [3.63, 3.8) is 0 Å². The molecular formula is C16H15ClN4O2. The quantitative estimate of drug-likeness (QED) is 0.858. The van der Waals surface area contributed by atoms with Gasteiger partial charge in [-0.25, -0.2) is 4.98 Å². The first kappa shape index (κ1) is 14.3. The molecule has 1 aliphatic heterocycles. The molecule has 0 fully saturated rings. The molecule has 0 saturated carbocycles. The van der Waals surface area contributed by atoms with Gasteiger partial charge in [-0.05, 0) is 43.0 Å². The molecule has 7 heteroatoms. The number of aromatic nitrogens is 2. The molecule has 1 aromatic heterocycles. The van der Waals surface area contributed by atoms with Crippen molar-refractivity contribution in [1.29, 1.82) is 0 Å². The molecule has 2 aromatic rings. The molecule has 23 heavy (non-hydrogen) atoms. The molecule has 1 N–H and O–H groups in total. The maximum atomic E-state index is 12.1. The van der Waals surface area contributed by atoms with Crippen molar-refractivity contribution in [1.82, 2.24) is 9.97 Å². The Balaban J connectivity index is 1.87. The van der Waals surface area contributed by atoms with Gasteiger partial charge in [0, 0.05) is 11.6 Å². The minimum absolute atomic E-state index is 0.0905. The standard InChI is InChI=1S/C16H15ClN4O2/c1-23-9-5-6-13-12(7-9)18-14(22)8-21(13)15-10-3-2-4-11(10)19-16(17)20-15/h5-7H,2-4,8H2,1H3,(H,18,22). The predicted molar refractivity (Wildman–Crippen MR) is 87.7 cm³/mol. The van der Waals surface area contributed by atoms with Gasteiger partial charge in [0.15, 0.2) is 0 Å². The third-order valence-electron chi connectivity index (χ3n) is 4.21. The Hall–Kier alpha value is -2.34. The molecule has 1 aromatic carbocycles. The number of nitrogens with one attached hydrogen (secondary N) is 1. The number of fused-ring (bicyclic) bond motifs is 2. The van der Waals surface area contributed by atoms with Crippen LogP contribution in [0.2, 0.25) is 5.28 Å². The molecule has 2 aliphatic rings.